The van der Waals surface area contributed by atoms with E-state index in [1.807, 2.05) is 5.38 Å². The standard InChI is InChI=1S/C18H13Cl3N4O3S2/c19-11-2-1-10(7-13(11)25(27)28)12-8-29-17(22-12)9-3-5-24(6-4-9)18(26)15-14(20)16(21)30-23-15/h1-2,7-9H,3-6H2. The Kier molecular flexibility index (Phi) is 6.26. The van der Waals surface area contributed by atoms with Gasteiger partial charge in [-0.25, -0.2) is 4.98 Å². The first kappa shape index (κ1) is 21.5. The highest BCUT2D eigenvalue weighted by Gasteiger charge is 2.29. The number of nitrogens with zero attached hydrogens (tertiary/aromatic N) is 4. The van der Waals surface area contributed by atoms with Crippen LogP contribution in [0.3, 0.4) is 0 Å². The molecule has 0 bridgehead atoms. The van der Waals surface area contributed by atoms with E-state index in [9.17, 15) is 14.9 Å². The molecule has 30 heavy (non-hydrogen) atoms. The average Bonchev–Trinajstić information content (AvgIpc) is 3.35. The number of halogens is 3. The zero-order chi connectivity index (χ0) is 21.4. The van der Waals surface area contributed by atoms with Crippen molar-refractivity contribution < 1.29 is 9.72 Å². The van der Waals surface area contributed by atoms with E-state index in [0.29, 0.717) is 28.7 Å². The molecule has 1 aromatic carbocycles. The number of aromatic nitrogens is 2. The third-order valence-corrected chi connectivity index (χ3v) is 7.83. The fourth-order valence-electron chi connectivity index (χ4n) is 3.29. The maximum Gasteiger partial charge on any atom is 0.288 e. The molecular formula is C18H13Cl3N4O3S2. The molecule has 1 fully saturated rings. The van der Waals surface area contributed by atoms with Crippen LogP contribution in [0.2, 0.25) is 14.4 Å². The smallest absolute Gasteiger partial charge is 0.288 e. The molecule has 0 N–H and O–H groups in total. The fraction of sp³-hybridized carbons (Fsp3) is 0.278. The zero-order valence-corrected chi connectivity index (χ0v) is 19.1. The minimum atomic E-state index is -0.506. The molecule has 1 aliphatic rings. The van der Waals surface area contributed by atoms with Crippen LogP contribution >= 0.6 is 57.7 Å². The van der Waals surface area contributed by atoms with Crippen LogP contribution in [0.15, 0.2) is 23.6 Å². The summed E-state index contributed by atoms with van der Waals surface area (Å²) in [7, 11) is 0. The van der Waals surface area contributed by atoms with Gasteiger partial charge in [0.25, 0.3) is 11.6 Å². The molecule has 1 aliphatic heterocycles. The summed E-state index contributed by atoms with van der Waals surface area (Å²) in [6, 6.07) is 4.66. The molecule has 156 valence electrons. The first-order valence-electron chi connectivity index (χ1n) is 8.85. The van der Waals surface area contributed by atoms with E-state index in [2.05, 4.69) is 9.36 Å². The molecule has 1 amide bonds. The highest BCUT2D eigenvalue weighted by molar-refractivity contribution is 7.11. The number of benzene rings is 1. The lowest BCUT2D eigenvalue weighted by molar-refractivity contribution is -0.384. The molecule has 2 aromatic heterocycles. The summed E-state index contributed by atoms with van der Waals surface area (Å²) in [5.74, 6) is -0.000480. The van der Waals surface area contributed by atoms with E-state index in [1.165, 1.54) is 23.5 Å². The molecule has 0 aliphatic carbocycles. The number of nitro benzene ring substituents is 1. The summed E-state index contributed by atoms with van der Waals surface area (Å²) < 4.78 is 4.36. The van der Waals surface area contributed by atoms with Crippen molar-refractivity contribution >= 4 is 69.3 Å². The van der Waals surface area contributed by atoms with Crippen molar-refractivity contribution in [3.05, 3.63) is 58.8 Å². The number of carbonyl (C=O) groups is 1. The van der Waals surface area contributed by atoms with Gasteiger partial charge in [0, 0.05) is 36.0 Å². The molecule has 4 rings (SSSR count). The van der Waals surface area contributed by atoms with E-state index >= 15 is 0 Å². The van der Waals surface area contributed by atoms with Crippen LogP contribution in [0.1, 0.15) is 34.3 Å². The van der Waals surface area contributed by atoms with Gasteiger partial charge in [-0.3, -0.25) is 14.9 Å². The summed E-state index contributed by atoms with van der Waals surface area (Å²) in [5, 5.41) is 14.3. The van der Waals surface area contributed by atoms with Crippen molar-refractivity contribution in [2.45, 2.75) is 18.8 Å². The molecule has 0 radical (unpaired) electrons. The zero-order valence-electron chi connectivity index (χ0n) is 15.2. The predicted molar refractivity (Wildman–Crippen MR) is 119 cm³/mol. The second kappa shape index (κ2) is 8.76. The van der Waals surface area contributed by atoms with Crippen molar-refractivity contribution in [2.75, 3.05) is 13.1 Å². The number of amides is 1. The summed E-state index contributed by atoms with van der Waals surface area (Å²) in [6.07, 6.45) is 1.52. The van der Waals surface area contributed by atoms with Gasteiger partial charge in [-0.05, 0) is 30.4 Å². The third-order valence-electron chi connectivity index (χ3n) is 4.89. The van der Waals surface area contributed by atoms with Crippen molar-refractivity contribution in [3.63, 3.8) is 0 Å². The number of hydrogen-bond acceptors (Lipinski definition) is 7. The third kappa shape index (κ3) is 4.17. The van der Waals surface area contributed by atoms with Gasteiger partial charge in [-0.15, -0.1) is 11.3 Å². The average molecular weight is 504 g/mol. The Bertz CT molecular complexity index is 1130. The Labute approximate surface area is 194 Å². The van der Waals surface area contributed by atoms with Crippen molar-refractivity contribution in [3.8, 4) is 11.3 Å². The van der Waals surface area contributed by atoms with E-state index in [1.54, 1.807) is 11.0 Å². The number of carbonyl (C=O) groups excluding carboxylic acids is 1. The highest BCUT2D eigenvalue weighted by atomic mass is 35.5. The number of likely N-dealkylation sites (tertiary alicyclic amines) is 1. The Hall–Kier alpha value is -1.78. The summed E-state index contributed by atoms with van der Waals surface area (Å²) >= 11 is 20.4. The van der Waals surface area contributed by atoms with Gasteiger partial charge in [0.1, 0.15) is 14.4 Å². The molecule has 3 heterocycles. The van der Waals surface area contributed by atoms with Crippen LogP contribution in [0, 0.1) is 10.1 Å². The molecule has 12 heteroatoms. The second-order valence-electron chi connectivity index (χ2n) is 6.68. The molecule has 0 saturated carbocycles. The van der Waals surface area contributed by atoms with Crippen LogP contribution in [0.4, 0.5) is 5.69 Å². The second-order valence-corrected chi connectivity index (χ2v) is 9.73. The van der Waals surface area contributed by atoms with E-state index in [4.69, 9.17) is 34.8 Å². The van der Waals surface area contributed by atoms with Gasteiger partial charge < -0.3 is 4.90 Å². The lowest BCUT2D eigenvalue weighted by Crippen LogP contribution is -2.38. The molecule has 7 nitrogen and oxygen atoms in total. The minimum absolute atomic E-state index is 0.0951. The quantitative estimate of drug-likeness (QED) is 0.314. The van der Waals surface area contributed by atoms with Gasteiger partial charge in [0.05, 0.1) is 15.6 Å². The van der Waals surface area contributed by atoms with Crippen molar-refractivity contribution in [2.24, 2.45) is 0 Å². The lowest BCUT2D eigenvalue weighted by atomic mass is 9.97. The maximum absolute atomic E-state index is 12.6. The molecule has 0 spiro atoms. The first-order valence-corrected chi connectivity index (χ1v) is 11.6. The predicted octanol–water partition coefficient (Wildman–Crippen LogP) is 6.15. The summed E-state index contributed by atoms with van der Waals surface area (Å²) in [6.45, 7) is 1.13. The van der Waals surface area contributed by atoms with E-state index in [0.717, 1.165) is 29.4 Å². The van der Waals surface area contributed by atoms with Crippen LogP contribution < -0.4 is 0 Å². The highest BCUT2D eigenvalue weighted by Crippen LogP contribution is 2.36. The van der Waals surface area contributed by atoms with Crippen molar-refractivity contribution in [1.82, 2.24) is 14.3 Å². The van der Waals surface area contributed by atoms with E-state index in [-0.39, 0.29) is 33.3 Å². The van der Waals surface area contributed by atoms with Crippen LogP contribution in [-0.4, -0.2) is 38.2 Å². The SMILES string of the molecule is O=C(c1nsc(Cl)c1Cl)N1CCC(c2nc(-c3ccc(Cl)c([N+](=O)[O-])c3)cs2)CC1. The fourth-order valence-corrected chi connectivity index (χ4v) is 5.47. The van der Waals surface area contributed by atoms with Gasteiger partial charge in [0.15, 0.2) is 5.69 Å². The topological polar surface area (TPSA) is 89.2 Å². The Balaban J connectivity index is 1.45. The van der Waals surface area contributed by atoms with Crippen molar-refractivity contribution in [1.29, 1.82) is 0 Å². The van der Waals surface area contributed by atoms with Crippen LogP contribution in [0.5, 0.6) is 0 Å². The lowest BCUT2D eigenvalue weighted by Gasteiger charge is -2.30. The number of piperidine rings is 1. The maximum atomic E-state index is 12.6. The molecule has 1 saturated heterocycles. The van der Waals surface area contributed by atoms with Crippen LogP contribution in [0.25, 0.3) is 11.3 Å². The monoisotopic (exact) mass is 502 g/mol. The number of nitro groups is 1. The molecule has 0 unspecified atom stereocenters. The minimum Gasteiger partial charge on any atom is -0.337 e. The van der Waals surface area contributed by atoms with E-state index < -0.39 is 4.92 Å². The number of thiazole rings is 1. The Morgan fingerprint density at radius 3 is 2.60 bits per heavy atom. The van der Waals surface area contributed by atoms with Gasteiger partial charge >= 0.3 is 0 Å². The first-order chi connectivity index (χ1) is 14.3. The normalized spacial score (nSPS) is 14.8. The van der Waals surface area contributed by atoms with Crippen LogP contribution in [-0.2, 0) is 0 Å². The Morgan fingerprint density at radius 1 is 1.23 bits per heavy atom. The molecule has 0 atom stereocenters. The largest absolute Gasteiger partial charge is 0.337 e. The summed E-state index contributed by atoms with van der Waals surface area (Å²) in [5.41, 5.74) is 1.38. The van der Waals surface area contributed by atoms with Gasteiger partial charge in [-0.2, -0.15) is 4.37 Å². The van der Waals surface area contributed by atoms with Gasteiger partial charge in [0.2, 0.25) is 0 Å². The number of rotatable bonds is 4. The Morgan fingerprint density at radius 2 is 1.97 bits per heavy atom. The molecule has 3 aromatic rings. The summed E-state index contributed by atoms with van der Waals surface area (Å²) in [4.78, 5) is 29.6. The van der Waals surface area contributed by atoms with Gasteiger partial charge in [-0.1, -0.05) is 40.9 Å². The number of hydrogen-bond donors (Lipinski definition) is 0. The molecular weight excluding hydrogens is 491 g/mol.